The molecule has 0 radical (unpaired) electrons. The van der Waals surface area contributed by atoms with Crippen LogP contribution < -0.4 is 27.4 Å². The van der Waals surface area contributed by atoms with Crippen LogP contribution in [0.4, 0.5) is 0 Å². The summed E-state index contributed by atoms with van der Waals surface area (Å²) in [6, 6.07) is 1.19. The van der Waals surface area contributed by atoms with Gasteiger partial charge in [-0.1, -0.05) is 18.2 Å². The van der Waals surface area contributed by atoms with E-state index in [1.807, 2.05) is 0 Å². The van der Waals surface area contributed by atoms with Crippen LogP contribution in [-0.4, -0.2) is 86.6 Å². The van der Waals surface area contributed by atoms with Gasteiger partial charge in [0.1, 0.15) is 18.1 Å². The Morgan fingerprint density at radius 3 is 2.11 bits per heavy atom. The first kappa shape index (κ1) is 29.7. The van der Waals surface area contributed by atoms with Gasteiger partial charge in [-0.3, -0.25) is 24.0 Å². The lowest BCUT2D eigenvalue weighted by Crippen LogP contribution is -2.58. The quantitative estimate of drug-likeness (QED) is 0.114. The number of carboxylic acid groups (broad SMARTS) is 2. The standard InChI is InChI=1S/C23H30N6O9/c24-13(8-18(25)31)20(34)27-15(5-6-19(32)33)21(35)29-17(10-30)22(36)28-16(23(37)38)7-11-9-26-14-4-2-1-3-12(11)14/h1-4,9,13,15-17,26,30H,5-8,10,24H2,(H2,25,31)(H,27,34)(H,28,36)(H,29,35)(H,32,33)(H,37,38). The molecule has 0 aliphatic rings. The van der Waals surface area contributed by atoms with Crippen molar-refractivity contribution in [2.24, 2.45) is 11.5 Å². The van der Waals surface area contributed by atoms with E-state index in [1.165, 1.54) is 0 Å². The van der Waals surface area contributed by atoms with E-state index < -0.39 is 85.6 Å². The van der Waals surface area contributed by atoms with Crippen LogP contribution in [0, 0.1) is 0 Å². The molecular formula is C23H30N6O9. The normalized spacial score (nSPS) is 14.1. The number of hydrogen-bond acceptors (Lipinski definition) is 8. The van der Waals surface area contributed by atoms with E-state index in [-0.39, 0.29) is 6.42 Å². The minimum absolute atomic E-state index is 0.105. The van der Waals surface area contributed by atoms with Gasteiger partial charge in [0.05, 0.1) is 19.1 Å². The first-order valence-corrected chi connectivity index (χ1v) is 11.5. The largest absolute Gasteiger partial charge is 0.481 e. The Bertz CT molecular complexity index is 1200. The van der Waals surface area contributed by atoms with Crippen LogP contribution in [0.5, 0.6) is 0 Å². The number of nitrogens with one attached hydrogen (secondary N) is 4. The van der Waals surface area contributed by atoms with E-state index in [4.69, 9.17) is 16.6 Å². The number of benzene rings is 1. The number of aliphatic carboxylic acids is 2. The lowest BCUT2D eigenvalue weighted by molar-refractivity contribution is -0.142. The van der Waals surface area contributed by atoms with Crippen molar-refractivity contribution < 1.29 is 44.1 Å². The molecule has 0 bridgehead atoms. The van der Waals surface area contributed by atoms with Crippen molar-refractivity contribution in [1.82, 2.24) is 20.9 Å². The number of para-hydroxylation sites is 1. The van der Waals surface area contributed by atoms with Gasteiger partial charge in [-0.25, -0.2) is 4.79 Å². The Morgan fingerprint density at radius 1 is 0.895 bits per heavy atom. The summed E-state index contributed by atoms with van der Waals surface area (Å²) in [5.74, 6) is -6.55. The molecule has 0 saturated carbocycles. The molecular weight excluding hydrogens is 504 g/mol. The number of aromatic amines is 1. The number of aliphatic hydroxyl groups excluding tert-OH is 1. The highest BCUT2D eigenvalue weighted by Crippen LogP contribution is 2.19. The van der Waals surface area contributed by atoms with Gasteiger partial charge in [0.15, 0.2) is 0 Å². The number of aliphatic hydroxyl groups is 1. The van der Waals surface area contributed by atoms with Gasteiger partial charge in [0.2, 0.25) is 23.6 Å². The third kappa shape index (κ3) is 8.56. The molecule has 0 aliphatic heterocycles. The molecule has 38 heavy (non-hydrogen) atoms. The van der Waals surface area contributed by atoms with Gasteiger partial charge < -0.3 is 47.7 Å². The summed E-state index contributed by atoms with van der Waals surface area (Å²) in [6.07, 6.45) is 0.0101. The highest BCUT2D eigenvalue weighted by Gasteiger charge is 2.31. The molecule has 15 nitrogen and oxygen atoms in total. The van der Waals surface area contributed by atoms with Gasteiger partial charge in [-0.15, -0.1) is 0 Å². The number of fused-ring (bicyclic) bond motifs is 1. The molecule has 4 amide bonds. The molecule has 2 aromatic rings. The molecule has 1 aromatic carbocycles. The van der Waals surface area contributed by atoms with Crippen LogP contribution in [0.1, 0.15) is 24.8 Å². The third-order valence-corrected chi connectivity index (χ3v) is 5.57. The molecule has 206 valence electrons. The monoisotopic (exact) mass is 534 g/mol. The zero-order valence-electron chi connectivity index (χ0n) is 20.2. The maximum Gasteiger partial charge on any atom is 0.326 e. The van der Waals surface area contributed by atoms with Gasteiger partial charge in [0, 0.05) is 29.9 Å². The summed E-state index contributed by atoms with van der Waals surface area (Å²) in [7, 11) is 0. The van der Waals surface area contributed by atoms with Gasteiger partial charge in [-0.05, 0) is 18.1 Å². The summed E-state index contributed by atoms with van der Waals surface area (Å²) < 4.78 is 0. The summed E-state index contributed by atoms with van der Waals surface area (Å²) in [5.41, 5.74) is 11.9. The van der Waals surface area contributed by atoms with Crippen LogP contribution in [-0.2, 0) is 35.2 Å². The van der Waals surface area contributed by atoms with Crippen molar-refractivity contribution in [1.29, 1.82) is 0 Å². The molecule has 0 saturated heterocycles. The molecule has 0 aliphatic carbocycles. The van der Waals surface area contributed by atoms with E-state index in [0.29, 0.717) is 5.56 Å². The smallest absolute Gasteiger partial charge is 0.326 e. The number of nitrogens with two attached hydrogens (primary N) is 2. The van der Waals surface area contributed by atoms with Crippen molar-refractivity contribution in [3.05, 3.63) is 36.0 Å². The van der Waals surface area contributed by atoms with Gasteiger partial charge in [-0.2, -0.15) is 0 Å². The van der Waals surface area contributed by atoms with Crippen LogP contribution in [0.15, 0.2) is 30.5 Å². The second-order valence-electron chi connectivity index (χ2n) is 8.48. The van der Waals surface area contributed by atoms with Crippen molar-refractivity contribution in [3.8, 4) is 0 Å². The van der Waals surface area contributed by atoms with E-state index in [1.54, 1.807) is 30.5 Å². The van der Waals surface area contributed by atoms with Crippen molar-refractivity contribution in [2.75, 3.05) is 6.61 Å². The molecule has 15 heteroatoms. The van der Waals surface area contributed by atoms with Gasteiger partial charge in [0.25, 0.3) is 0 Å². The first-order valence-electron chi connectivity index (χ1n) is 11.5. The van der Waals surface area contributed by atoms with Crippen LogP contribution in [0.25, 0.3) is 10.9 Å². The van der Waals surface area contributed by atoms with Gasteiger partial charge >= 0.3 is 11.9 Å². The minimum Gasteiger partial charge on any atom is -0.481 e. The Balaban J connectivity index is 2.10. The summed E-state index contributed by atoms with van der Waals surface area (Å²) in [6.45, 7) is -0.933. The van der Waals surface area contributed by atoms with Crippen molar-refractivity contribution in [2.45, 2.75) is 49.9 Å². The number of carbonyl (C=O) groups is 6. The molecule has 4 unspecified atom stereocenters. The molecule has 1 aromatic heterocycles. The predicted octanol–water partition coefficient (Wildman–Crippen LogP) is -2.69. The number of H-pyrrole nitrogens is 1. The third-order valence-electron chi connectivity index (χ3n) is 5.57. The minimum atomic E-state index is -1.63. The highest BCUT2D eigenvalue weighted by molar-refractivity contribution is 5.95. The zero-order chi connectivity index (χ0) is 28.4. The zero-order valence-corrected chi connectivity index (χ0v) is 20.2. The Kier molecular flexibility index (Phi) is 10.7. The number of hydrogen-bond donors (Lipinski definition) is 9. The molecule has 2 rings (SSSR count). The molecule has 1 heterocycles. The Labute approximate surface area is 215 Å². The molecule has 4 atom stereocenters. The van der Waals surface area contributed by atoms with Crippen molar-refractivity contribution in [3.63, 3.8) is 0 Å². The molecule has 0 fully saturated rings. The highest BCUT2D eigenvalue weighted by atomic mass is 16.4. The summed E-state index contributed by atoms with van der Waals surface area (Å²) in [4.78, 5) is 74.5. The van der Waals surface area contributed by atoms with Crippen molar-refractivity contribution >= 4 is 46.5 Å². The molecule has 0 spiro atoms. The fraction of sp³-hybridized carbons (Fsp3) is 0.391. The van der Waals surface area contributed by atoms with Crippen LogP contribution in [0.3, 0.4) is 0 Å². The summed E-state index contributed by atoms with van der Waals surface area (Å²) in [5, 5.41) is 35.6. The number of carbonyl (C=O) groups excluding carboxylic acids is 4. The average Bonchev–Trinajstić information content (AvgIpc) is 3.26. The number of rotatable bonds is 15. The fourth-order valence-corrected chi connectivity index (χ4v) is 3.58. The number of carboxylic acids is 2. The van der Waals surface area contributed by atoms with Crippen LogP contribution >= 0.6 is 0 Å². The number of primary amides is 1. The second-order valence-corrected chi connectivity index (χ2v) is 8.48. The van der Waals surface area contributed by atoms with E-state index in [0.717, 1.165) is 10.9 Å². The lowest BCUT2D eigenvalue weighted by atomic mass is 10.0. The SMILES string of the molecule is NC(=O)CC(N)C(=O)NC(CCC(=O)O)C(=O)NC(CO)C(=O)NC(Cc1c[nH]c2ccccc12)C(=O)O. The van der Waals surface area contributed by atoms with E-state index in [9.17, 15) is 39.0 Å². The number of aromatic nitrogens is 1. The fourth-order valence-electron chi connectivity index (χ4n) is 3.58. The van der Waals surface area contributed by atoms with Crippen LogP contribution in [0.2, 0.25) is 0 Å². The van der Waals surface area contributed by atoms with E-state index in [2.05, 4.69) is 20.9 Å². The molecule has 11 N–H and O–H groups in total. The maximum atomic E-state index is 12.8. The first-order chi connectivity index (χ1) is 17.9. The average molecular weight is 535 g/mol. The Hall–Kier alpha value is -4.50. The maximum absolute atomic E-state index is 12.8. The Morgan fingerprint density at radius 2 is 1.50 bits per heavy atom. The lowest BCUT2D eigenvalue weighted by Gasteiger charge is -2.24. The second kappa shape index (κ2) is 13.7. The predicted molar refractivity (Wildman–Crippen MR) is 131 cm³/mol. The number of amides is 4. The topological polar surface area (TPSA) is 267 Å². The summed E-state index contributed by atoms with van der Waals surface area (Å²) >= 11 is 0. The van der Waals surface area contributed by atoms with E-state index >= 15 is 0 Å².